The number of carbonyl (C=O) groups is 2. The van der Waals surface area contributed by atoms with Gasteiger partial charge in [0.15, 0.2) is 5.96 Å². The monoisotopic (exact) mass is 395 g/mol. The highest BCUT2D eigenvalue weighted by Gasteiger charge is 2.31. The molecule has 0 saturated carbocycles. The number of carbonyl (C=O) groups excluding carboxylic acids is 2. The quantitative estimate of drug-likeness (QED) is 0.297. The van der Waals surface area contributed by atoms with Crippen LogP contribution in [0, 0.1) is 5.92 Å². The number of ether oxygens (including phenoxy) is 1. The van der Waals surface area contributed by atoms with Crippen molar-refractivity contribution in [3.63, 3.8) is 0 Å². The van der Waals surface area contributed by atoms with Crippen LogP contribution in [0.25, 0.3) is 0 Å². The minimum absolute atomic E-state index is 0.00506. The molecule has 2 rings (SSSR count). The van der Waals surface area contributed by atoms with Crippen molar-refractivity contribution in [1.29, 1.82) is 0 Å². The standard InChI is InChI=1S/C20H37N5O3/c1-5-21-20(25-14-9-16(10-15-25)19(27)28-4)22-11-7-13-24-12-6-8-17(24)18(26)23(2)3/h16-17H,5-15H2,1-4H3,(H,21,22). The van der Waals surface area contributed by atoms with E-state index in [1.165, 1.54) is 7.11 Å². The van der Waals surface area contributed by atoms with Crippen molar-refractivity contribution in [3.8, 4) is 0 Å². The molecule has 0 aliphatic carbocycles. The van der Waals surface area contributed by atoms with E-state index in [0.29, 0.717) is 0 Å². The van der Waals surface area contributed by atoms with Crippen molar-refractivity contribution in [1.82, 2.24) is 20.0 Å². The number of likely N-dealkylation sites (N-methyl/N-ethyl adjacent to an activating group) is 1. The highest BCUT2D eigenvalue weighted by atomic mass is 16.5. The molecule has 1 unspecified atom stereocenters. The lowest BCUT2D eigenvalue weighted by Crippen LogP contribution is -2.46. The van der Waals surface area contributed by atoms with E-state index in [0.717, 1.165) is 77.3 Å². The summed E-state index contributed by atoms with van der Waals surface area (Å²) in [6.45, 7) is 7.15. The third-order valence-electron chi connectivity index (χ3n) is 5.62. The summed E-state index contributed by atoms with van der Waals surface area (Å²) in [7, 11) is 5.11. The highest BCUT2D eigenvalue weighted by molar-refractivity contribution is 5.82. The Hall–Kier alpha value is -1.83. The number of amides is 1. The summed E-state index contributed by atoms with van der Waals surface area (Å²) in [6, 6.07) is 0.0320. The molecule has 28 heavy (non-hydrogen) atoms. The fourth-order valence-electron chi connectivity index (χ4n) is 4.05. The summed E-state index contributed by atoms with van der Waals surface area (Å²) in [6.07, 6.45) is 4.59. The number of rotatable bonds is 7. The zero-order valence-electron chi connectivity index (χ0n) is 17.9. The topological polar surface area (TPSA) is 77.5 Å². The Labute approximate surface area is 169 Å². The van der Waals surface area contributed by atoms with Gasteiger partial charge in [-0.25, -0.2) is 0 Å². The minimum Gasteiger partial charge on any atom is -0.469 e. The summed E-state index contributed by atoms with van der Waals surface area (Å²) >= 11 is 0. The van der Waals surface area contributed by atoms with Crippen LogP contribution < -0.4 is 5.32 Å². The summed E-state index contributed by atoms with van der Waals surface area (Å²) in [4.78, 5) is 35.0. The molecule has 0 radical (unpaired) electrons. The van der Waals surface area contributed by atoms with Crippen LogP contribution >= 0.6 is 0 Å². The molecule has 0 aromatic heterocycles. The van der Waals surface area contributed by atoms with Crippen molar-refractivity contribution >= 4 is 17.8 Å². The molecule has 8 heteroatoms. The molecule has 1 amide bonds. The van der Waals surface area contributed by atoms with Crippen molar-refractivity contribution in [3.05, 3.63) is 0 Å². The second kappa shape index (κ2) is 11.2. The SMILES string of the molecule is CCNC(=NCCCN1CCCC1C(=O)N(C)C)N1CCC(C(=O)OC)CC1. The second-order valence-electron chi connectivity index (χ2n) is 7.80. The van der Waals surface area contributed by atoms with E-state index in [4.69, 9.17) is 9.73 Å². The Bertz CT molecular complexity index is 544. The zero-order chi connectivity index (χ0) is 20.5. The molecule has 1 atom stereocenters. The van der Waals surface area contributed by atoms with Crippen LogP contribution in [0.2, 0.25) is 0 Å². The first-order valence-corrected chi connectivity index (χ1v) is 10.5. The average molecular weight is 396 g/mol. The number of hydrogen-bond donors (Lipinski definition) is 1. The maximum Gasteiger partial charge on any atom is 0.308 e. The molecule has 2 aliphatic rings. The van der Waals surface area contributed by atoms with Crippen LogP contribution in [0.1, 0.15) is 39.0 Å². The lowest BCUT2D eigenvalue weighted by molar-refractivity contribution is -0.146. The van der Waals surface area contributed by atoms with Crippen LogP contribution in [-0.4, -0.2) is 99.1 Å². The normalized spacial score (nSPS) is 21.6. The maximum absolute atomic E-state index is 12.3. The molecular weight excluding hydrogens is 358 g/mol. The van der Waals surface area contributed by atoms with Gasteiger partial charge in [-0.2, -0.15) is 0 Å². The predicted molar refractivity (Wildman–Crippen MR) is 110 cm³/mol. The third kappa shape index (κ3) is 6.09. The first-order valence-electron chi connectivity index (χ1n) is 10.5. The van der Waals surface area contributed by atoms with E-state index in [2.05, 4.69) is 22.0 Å². The van der Waals surface area contributed by atoms with Crippen LogP contribution in [0.5, 0.6) is 0 Å². The van der Waals surface area contributed by atoms with Gasteiger partial charge in [-0.05, 0) is 45.6 Å². The second-order valence-corrected chi connectivity index (χ2v) is 7.80. The highest BCUT2D eigenvalue weighted by Crippen LogP contribution is 2.20. The van der Waals surface area contributed by atoms with Gasteiger partial charge in [0.25, 0.3) is 0 Å². The summed E-state index contributed by atoms with van der Waals surface area (Å²) < 4.78 is 4.87. The molecular formula is C20H37N5O3. The molecule has 0 bridgehead atoms. The van der Waals surface area contributed by atoms with Crippen molar-refractivity contribution in [2.45, 2.75) is 45.1 Å². The van der Waals surface area contributed by atoms with Gasteiger partial charge in [0.05, 0.1) is 19.1 Å². The van der Waals surface area contributed by atoms with Gasteiger partial charge in [0.1, 0.15) is 0 Å². The first-order chi connectivity index (χ1) is 13.5. The molecule has 0 spiro atoms. The van der Waals surface area contributed by atoms with E-state index in [-0.39, 0.29) is 23.8 Å². The van der Waals surface area contributed by atoms with E-state index in [9.17, 15) is 9.59 Å². The smallest absolute Gasteiger partial charge is 0.308 e. The van der Waals surface area contributed by atoms with Gasteiger partial charge in [0.2, 0.25) is 5.91 Å². The third-order valence-corrected chi connectivity index (χ3v) is 5.62. The Kier molecular flexibility index (Phi) is 9.02. The van der Waals surface area contributed by atoms with E-state index in [1.54, 1.807) is 4.90 Å². The number of methoxy groups -OCH3 is 1. The Morgan fingerprint density at radius 2 is 1.89 bits per heavy atom. The van der Waals surface area contributed by atoms with Crippen LogP contribution in [0.4, 0.5) is 0 Å². The maximum atomic E-state index is 12.3. The first kappa shape index (κ1) is 22.5. The molecule has 2 heterocycles. The number of hydrogen-bond acceptors (Lipinski definition) is 5. The average Bonchev–Trinajstić information content (AvgIpc) is 3.17. The lowest BCUT2D eigenvalue weighted by Gasteiger charge is -2.33. The number of likely N-dealkylation sites (tertiary alicyclic amines) is 2. The van der Waals surface area contributed by atoms with Gasteiger partial charge in [-0.3, -0.25) is 19.5 Å². The number of guanidine groups is 1. The van der Waals surface area contributed by atoms with E-state index < -0.39 is 0 Å². The Balaban J connectivity index is 1.81. The molecule has 160 valence electrons. The number of aliphatic imine (C=N–C) groups is 1. The summed E-state index contributed by atoms with van der Waals surface area (Å²) in [5, 5.41) is 3.37. The van der Waals surface area contributed by atoms with Gasteiger partial charge >= 0.3 is 5.97 Å². The summed E-state index contributed by atoms with van der Waals surface area (Å²) in [5.74, 6) is 1.04. The molecule has 2 saturated heterocycles. The van der Waals surface area contributed by atoms with Crippen molar-refractivity contribution in [2.75, 3.05) is 60.5 Å². The molecule has 2 aliphatic heterocycles. The molecule has 0 aromatic carbocycles. The fourth-order valence-corrected chi connectivity index (χ4v) is 4.05. The minimum atomic E-state index is -0.103. The van der Waals surface area contributed by atoms with Gasteiger partial charge in [-0.15, -0.1) is 0 Å². The van der Waals surface area contributed by atoms with Crippen molar-refractivity contribution in [2.24, 2.45) is 10.9 Å². The predicted octanol–water partition coefficient (Wildman–Crippen LogP) is 0.780. The molecule has 2 fully saturated rings. The number of nitrogens with one attached hydrogen (secondary N) is 1. The van der Waals surface area contributed by atoms with Crippen molar-refractivity contribution < 1.29 is 14.3 Å². The van der Waals surface area contributed by atoms with Gasteiger partial charge in [0, 0.05) is 46.8 Å². The zero-order valence-corrected chi connectivity index (χ0v) is 17.9. The van der Waals surface area contributed by atoms with E-state index in [1.807, 2.05) is 14.1 Å². The van der Waals surface area contributed by atoms with E-state index >= 15 is 0 Å². The Morgan fingerprint density at radius 3 is 2.50 bits per heavy atom. The number of esters is 1. The molecule has 8 nitrogen and oxygen atoms in total. The van der Waals surface area contributed by atoms with Crippen LogP contribution in [-0.2, 0) is 14.3 Å². The van der Waals surface area contributed by atoms with Crippen LogP contribution in [0.15, 0.2) is 4.99 Å². The number of piperidine rings is 1. The fraction of sp³-hybridized carbons (Fsp3) is 0.850. The lowest BCUT2D eigenvalue weighted by atomic mass is 9.97. The molecule has 0 aromatic rings. The Morgan fingerprint density at radius 1 is 1.18 bits per heavy atom. The largest absolute Gasteiger partial charge is 0.469 e. The van der Waals surface area contributed by atoms with Gasteiger partial charge in [-0.1, -0.05) is 0 Å². The van der Waals surface area contributed by atoms with Gasteiger partial charge < -0.3 is 19.9 Å². The number of nitrogens with zero attached hydrogens (tertiary/aromatic N) is 4. The van der Waals surface area contributed by atoms with Crippen LogP contribution in [0.3, 0.4) is 0 Å². The molecule has 1 N–H and O–H groups in total. The summed E-state index contributed by atoms with van der Waals surface area (Å²) in [5.41, 5.74) is 0.